The van der Waals surface area contributed by atoms with E-state index in [2.05, 4.69) is 39.9 Å². The molecule has 3 nitrogen and oxygen atoms in total. The van der Waals surface area contributed by atoms with E-state index in [0.717, 1.165) is 12.5 Å². The lowest BCUT2D eigenvalue weighted by Gasteiger charge is -2.40. The van der Waals surface area contributed by atoms with Crippen molar-refractivity contribution in [3.05, 3.63) is 0 Å². The highest BCUT2D eigenvalue weighted by atomic mass is 16.5. The Morgan fingerprint density at radius 2 is 1.95 bits per heavy atom. The topological polar surface area (TPSA) is 30.5 Å². The summed E-state index contributed by atoms with van der Waals surface area (Å²) < 4.78 is 11.6. The Morgan fingerprint density at radius 1 is 1.26 bits per heavy atom. The molecule has 0 aromatic rings. The highest BCUT2D eigenvalue weighted by Crippen LogP contribution is 2.39. The zero-order valence-electron chi connectivity index (χ0n) is 13.7. The monoisotopic (exact) mass is 271 g/mol. The van der Waals surface area contributed by atoms with Gasteiger partial charge in [0.1, 0.15) is 0 Å². The maximum Gasteiger partial charge on any atom is 0.0936 e. The lowest BCUT2D eigenvalue weighted by Crippen LogP contribution is -2.41. The predicted octanol–water partition coefficient (Wildman–Crippen LogP) is 3.23. The van der Waals surface area contributed by atoms with E-state index in [-0.39, 0.29) is 6.10 Å². The Bertz CT molecular complexity index is 253. The Labute approximate surface area is 119 Å². The van der Waals surface area contributed by atoms with Crippen LogP contribution in [-0.2, 0) is 9.47 Å². The van der Waals surface area contributed by atoms with Gasteiger partial charge in [-0.1, -0.05) is 34.6 Å². The molecule has 1 saturated carbocycles. The van der Waals surface area contributed by atoms with Crippen molar-refractivity contribution in [2.24, 2.45) is 11.3 Å². The second-order valence-corrected chi connectivity index (χ2v) is 7.31. The SMILES string of the molecule is COCC(CNC(C)C)OC1CC(C)CC(C)(C)C1. The molecule has 0 spiro atoms. The molecule has 0 bridgehead atoms. The maximum atomic E-state index is 6.30. The first-order valence-electron chi connectivity index (χ1n) is 7.70. The van der Waals surface area contributed by atoms with Gasteiger partial charge in [-0.15, -0.1) is 0 Å². The molecule has 0 aromatic heterocycles. The number of rotatable bonds is 7. The van der Waals surface area contributed by atoms with E-state index in [0.29, 0.717) is 24.2 Å². The molecule has 19 heavy (non-hydrogen) atoms. The molecule has 0 saturated heterocycles. The van der Waals surface area contributed by atoms with Gasteiger partial charge >= 0.3 is 0 Å². The second-order valence-electron chi connectivity index (χ2n) is 7.31. The van der Waals surface area contributed by atoms with Crippen LogP contribution in [0.15, 0.2) is 0 Å². The van der Waals surface area contributed by atoms with Gasteiger partial charge in [0.15, 0.2) is 0 Å². The van der Waals surface area contributed by atoms with Crippen molar-refractivity contribution < 1.29 is 9.47 Å². The molecular formula is C16H33NO2. The van der Waals surface area contributed by atoms with Crippen molar-refractivity contribution in [2.45, 2.75) is 72.1 Å². The van der Waals surface area contributed by atoms with Gasteiger partial charge in [-0.3, -0.25) is 0 Å². The normalized spacial score (nSPS) is 28.6. The lowest BCUT2D eigenvalue weighted by molar-refractivity contribution is -0.0861. The van der Waals surface area contributed by atoms with Crippen LogP contribution in [0.25, 0.3) is 0 Å². The van der Waals surface area contributed by atoms with Crippen LogP contribution in [0.5, 0.6) is 0 Å². The Balaban J connectivity index is 2.47. The summed E-state index contributed by atoms with van der Waals surface area (Å²) in [5, 5.41) is 3.45. The molecule has 1 aliphatic rings. The third-order valence-corrected chi connectivity index (χ3v) is 3.84. The predicted molar refractivity (Wildman–Crippen MR) is 80.5 cm³/mol. The summed E-state index contributed by atoms with van der Waals surface area (Å²) in [6.07, 6.45) is 4.21. The number of hydrogen-bond acceptors (Lipinski definition) is 3. The van der Waals surface area contributed by atoms with Crippen molar-refractivity contribution in [1.29, 1.82) is 0 Å². The third-order valence-electron chi connectivity index (χ3n) is 3.84. The van der Waals surface area contributed by atoms with E-state index in [4.69, 9.17) is 9.47 Å². The molecule has 0 radical (unpaired) electrons. The summed E-state index contributed by atoms with van der Waals surface area (Å²) in [4.78, 5) is 0. The van der Waals surface area contributed by atoms with Crippen molar-refractivity contribution >= 4 is 0 Å². The third kappa shape index (κ3) is 6.73. The van der Waals surface area contributed by atoms with Crippen LogP contribution in [0.2, 0.25) is 0 Å². The van der Waals surface area contributed by atoms with Gasteiger partial charge in [-0.2, -0.15) is 0 Å². The molecule has 0 heterocycles. The molecule has 1 fully saturated rings. The largest absolute Gasteiger partial charge is 0.382 e. The Morgan fingerprint density at radius 3 is 2.47 bits per heavy atom. The van der Waals surface area contributed by atoms with Crippen molar-refractivity contribution in [2.75, 3.05) is 20.3 Å². The van der Waals surface area contributed by atoms with E-state index in [9.17, 15) is 0 Å². The molecular weight excluding hydrogens is 238 g/mol. The van der Waals surface area contributed by atoms with Crippen LogP contribution in [0, 0.1) is 11.3 Å². The first kappa shape index (κ1) is 16.9. The number of ether oxygens (including phenoxy) is 2. The van der Waals surface area contributed by atoms with E-state index >= 15 is 0 Å². The van der Waals surface area contributed by atoms with Crippen molar-refractivity contribution in [3.63, 3.8) is 0 Å². The minimum atomic E-state index is 0.165. The minimum absolute atomic E-state index is 0.165. The molecule has 0 amide bonds. The van der Waals surface area contributed by atoms with Crippen molar-refractivity contribution in [1.82, 2.24) is 5.32 Å². The molecule has 114 valence electrons. The van der Waals surface area contributed by atoms with Crippen LogP contribution in [0.4, 0.5) is 0 Å². The lowest BCUT2D eigenvalue weighted by atomic mass is 9.71. The van der Waals surface area contributed by atoms with Gasteiger partial charge in [-0.25, -0.2) is 0 Å². The highest BCUT2D eigenvalue weighted by Gasteiger charge is 2.33. The zero-order chi connectivity index (χ0) is 14.5. The summed E-state index contributed by atoms with van der Waals surface area (Å²) in [5.74, 6) is 0.759. The smallest absolute Gasteiger partial charge is 0.0936 e. The quantitative estimate of drug-likeness (QED) is 0.771. The van der Waals surface area contributed by atoms with E-state index in [1.54, 1.807) is 7.11 Å². The molecule has 3 unspecified atom stereocenters. The maximum absolute atomic E-state index is 6.30. The minimum Gasteiger partial charge on any atom is -0.382 e. The van der Waals surface area contributed by atoms with Gasteiger partial charge in [0, 0.05) is 19.7 Å². The molecule has 0 aliphatic heterocycles. The Kier molecular flexibility index (Phi) is 6.78. The first-order valence-corrected chi connectivity index (χ1v) is 7.70. The first-order chi connectivity index (χ1) is 8.82. The molecule has 3 heteroatoms. The molecule has 0 aromatic carbocycles. The summed E-state index contributed by atoms with van der Waals surface area (Å²) >= 11 is 0. The number of hydrogen-bond donors (Lipinski definition) is 1. The van der Waals surface area contributed by atoms with Crippen LogP contribution >= 0.6 is 0 Å². The van der Waals surface area contributed by atoms with E-state index in [1.807, 2.05) is 0 Å². The van der Waals surface area contributed by atoms with Crippen LogP contribution in [0.1, 0.15) is 53.9 Å². The summed E-state index contributed by atoms with van der Waals surface area (Å²) in [7, 11) is 1.75. The van der Waals surface area contributed by atoms with Gasteiger partial charge in [-0.05, 0) is 30.6 Å². The number of methoxy groups -OCH3 is 1. The molecule has 3 atom stereocenters. The number of nitrogens with one attached hydrogen (secondary N) is 1. The van der Waals surface area contributed by atoms with Gasteiger partial charge in [0.05, 0.1) is 18.8 Å². The van der Waals surface area contributed by atoms with Crippen LogP contribution in [0.3, 0.4) is 0 Å². The fourth-order valence-electron chi connectivity index (χ4n) is 3.33. The highest BCUT2D eigenvalue weighted by molar-refractivity contribution is 4.84. The molecule has 1 rings (SSSR count). The van der Waals surface area contributed by atoms with Crippen LogP contribution in [-0.4, -0.2) is 38.5 Å². The fraction of sp³-hybridized carbons (Fsp3) is 1.00. The van der Waals surface area contributed by atoms with Crippen LogP contribution < -0.4 is 5.32 Å². The standard InChI is InChI=1S/C16H33NO2/c1-12(2)17-10-15(11-18-6)19-14-7-13(3)8-16(4,5)9-14/h12-15,17H,7-11H2,1-6H3. The molecule has 1 N–H and O–H groups in total. The summed E-state index contributed by atoms with van der Waals surface area (Å²) in [6, 6.07) is 0.490. The van der Waals surface area contributed by atoms with Gasteiger partial charge < -0.3 is 14.8 Å². The van der Waals surface area contributed by atoms with E-state index in [1.165, 1.54) is 19.3 Å². The average molecular weight is 271 g/mol. The Hall–Kier alpha value is -0.120. The average Bonchev–Trinajstić information content (AvgIpc) is 2.23. The van der Waals surface area contributed by atoms with E-state index < -0.39 is 0 Å². The van der Waals surface area contributed by atoms with Gasteiger partial charge in [0.25, 0.3) is 0 Å². The molecule has 1 aliphatic carbocycles. The van der Waals surface area contributed by atoms with Gasteiger partial charge in [0.2, 0.25) is 0 Å². The fourth-order valence-corrected chi connectivity index (χ4v) is 3.33. The summed E-state index contributed by atoms with van der Waals surface area (Å²) in [6.45, 7) is 12.9. The summed E-state index contributed by atoms with van der Waals surface area (Å²) in [5.41, 5.74) is 0.408. The second kappa shape index (κ2) is 7.61. The van der Waals surface area contributed by atoms with Crippen molar-refractivity contribution in [3.8, 4) is 0 Å². The zero-order valence-corrected chi connectivity index (χ0v) is 13.7.